The van der Waals surface area contributed by atoms with Crippen LogP contribution in [0.5, 0.6) is 5.75 Å². The average molecular weight is 289 g/mol. The van der Waals surface area contributed by atoms with Crippen molar-refractivity contribution in [1.29, 1.82) is 0 Å². The van der Waals surface area contributed by atoms with E-state index in [9.17, 15) is 0 Å². The molecule has 1 saturated carbocycles. The van der Waals surface area contributed by atoms with Gasteiger partial charge in [-0.2, -0.15) is 0 Å². The van der Waals surface area contributed by atoms with Gasteiger partial charge in [0.2, 0.25) is 0 Å². The zero-order valence-corrected chi connectivity index (χ0v) is 14.0. The summed E-state index contributed by atoms with van der Waals surface area (Å²) in [7, 11) is 0. The van der Waals surface area contributed by atoms with Gasteiger partial charge in [0.25, 0.3) is 0 Å². The number of rotatable bonds is 8. The Hall–Kier alpha value is -1.02. The topological polar surface area (TPSA) is 21.3 Å². The van der Waals surface area contributed by atoms with Gasteiger partial charge in [-0.05, 0) is 42.4 Å². The van der Waals surface area contributed by atoms with Crippen LogP contribution in [0, 0.1) is 5.41 Å². The summed E-state index contributed by atoms with van der Waals surface area (Å²) < 4.78 is 5.75. The molecular weight excluding hydrogens is 258 g/mol. The van der Waals surface area contributed by atoms with Crippen molar-refractivity contribution < 1.29 is 4.74 Å². The molecule has 1 aliphatic rings. The van der Waals surface area contributed by atoms with Crippen LogP contribution in [0.25, 0.3) is 0 Å². The standard InChI is InChI=1S/C19H31NO/c1-4-5-6-14-21-17-11-9-16(10-12-17)15-20-18-8-7-13-19(18,2)3/h9-12,18,20H,4-8,13-15H2,1-3H3. The van der Waals surface area contributed by atoms with E-state index in [1.54, 1.807) is 0 Å². The SMILES string of the molecule is CCCCCOc1ccc(CNC2CCCC2(C)C)cc1. The quantitative estimate of drug-likeness (QED) is 0.686. The molecule has 2 nitrogen and oxygen atoms in total. The second-order valence-corrected chi connectivity index (χ2v) is 7.01. The summed E-state index contributed by atoms with van der Waals surface area (Å²) in [4.78, 5) is 0. The van der Waals surface area contributed by atoms with Crippen LogP contribution in [0.2, 0.25) is 0 Å². The molecule has 2 heteroatoms. The molecule has 1 atom stereocenters. The molecular formula is C19H31NO. The Bertz CT molecular complexity index is 410. The van der Waals surface area contributed by atoms with E-state index in [-0.39, 0.29) is 0 Å². The van der Waals surface area contributed by atoms with Crippen molar-refractivity contribution in [1.82, 2.24) is 5.32 Å². The zero-order valence-electron chi connectivity index (χ0n) is 14.0. The summed E-state index contributed by atoms with van der Waals surface area (Å²) in [6, 6.07) is 9.22. The monoisotopic (exact) mass is 289 g/mol. The number of hydrogen-bond acceptors (Lipinski definition) is 2. The molecule has 0 saturated heterocycles. The molecule has 1 aromatic carbocycles. The van der Waals surface area contributed by atoms with Crippen LogP contribution in [-0.2, 0) is 6.54 Å². The van der Waals surface area contributed by atoms with Crippen molar-refractivity contribution in [2.45, 2.75) is 71.9 Å². The maximum atomic E-state index is 5.75. The second-order valence-electron chi connectivity index (χ2n) is 7.01. The van der Waals surface area contributed by atoms with E-state index in [1.807, 2.05) is 0 Å². The van der Waals surface area contributed by atoms with Crippen molar-refractivity contribution in [2.75, 3.05) is 6.61 Å². The van der Waals surface area contributed by atoms with Crippen LogP contribution in [0.3, 0.4) is 0 Å². The van der Waals surface area contributed by atoms with Gasteiger partial charge < -0.3 is 10.1 Å². The molecule has 1 N–H and O–H groups in total. The lowest BCUT2D eigenvalue weighted by Crippen LogP contribution is -2.37. The third-order valence-corrected chi connectivity index (χ3v) is 4.75. The number of ether oxygens (including phenoxy) is 1. The van der Waals surface area contributed by atoms with E-state index >= 15 is 0 Å². The lowest BCUT2D eigenvalue weighted by atomic mass is 9.87. The minimum atomic E-state index is 0.447. The predicted molar refractivity (Wildman–Crippen MR) is 89.7 cm³/mol. The van der Waals surface area contributed by atoms with Crippen LogP contribution in [0.1, 0.15) is 64.9 Å². The molecule has 0 radical (unpaired) electrons. The molecule has 1 fully saturated rings. The fraction of sp³-hybridized carbons (Fsp3) is 0.684. The average Bonchev–Trinajstić information content (AvgIpc) is 2.81. The minimum Gasteiger partial charge on any atom is -0.494 e. The van der Waals surface area contributed by atoms with Crippen LogP contribution in [-0.4, -0.2) is 12.6 Å². The van der Waals surface area contributed by atoms with E-state index in [4.69, 9.17) is 4.74 Å². The van der Waals surface area contributed by atoms with Crippen LogP contribution < -0.4 is 10.1 Å². The molecule has 1 unspecified atom stereocenters. The molecule has 2 rings (SSSR count). The maximum absolute atomic E-state index is 5.75. The molecule has 1 aromatic rings. The fourth-order valence-electron chi connectivity index (χ4n) is 3.19. The molecule has 0 spiro atoms. The van der Waals surface area contributed by atoms with Crippen LogP contribution in [0.4, 0.5) is 0 Å². The van der Waals surface area contributed by atoms with Crippen molar-refractivity contribution in [2.24, 2.45) is 5.41 Å². The second kappa shape index (κ2) is 7.84. The van der Waals surface area contributed by atoms with E-state index in [1.165, 1.54) is 37.7 Å². The van der Waals surface area contributed by atoms with Crippen molar-refractivity contribution in [3.63, 3.8) is 0 Å². The highest BCUT2D eigenvalue weighted by molar-refractivity contribution is 5.27. The summed E-state index contributed by atoms with van der Waals surface area (Å²) in [5.74, 6) is 0.996. The highest BCUT2D eigenvalue weighted by Gasteiger charge is 2.33. The summed E-state index contributed by atoms with van der Waals surface area (Å²) >= 11 is 0. The first-order valence-corrected chi connectivity index (χ1v) is 8.57. The molecule has 118 valence electrons. The highest BCUT2D eigenvalue weighted by Crippen LogP contribution is 2.37. The van der Waals surface area contributed by atoms with Crippen molar-refractivity contribution in [3.8, 4) is 5.75 Å². The van der Waals surface area contributed by atoms with Crippen molar-refractivity contribution >= 4 is 0 Å². The molecule has 21 heavy (non-hydrogen) atoms. The van der Waals surface area contributed by atoms with Gasteiger partial charge in [-0.3, -0.25) is 0 Å². The lowest BCUT2D eigenvalue weighted by molar-refractivity contribution is 0.282. The molecule has 0 bridgehead atoms. The van der Waals surface area contributed by atoms with Gasteiger partial charge in [-0.25, -0.2) is 0 Å². The van der Waals surface area contributed by atoms with Crippen LogP contribution >= 0.6 is 0 Å². The van der Waals surface area contributed by atoms with E-state index in [0.29, 0.717) is 11.5 Å². The number of benzene rings is 1. The Kier molecular flexibility index (Phi) is 6.10. The molecule has 0 heterocycles. The minimum absolute atomic E-state index is 0.447. The Morgan fingerprint density at radius 3 is 2.57 bits per heavy atom. The summed E-state index contributed by atoms with van der Waals surface area (Å²) in [6.07, 6.45) is 7.65. The van der Waals surface area contributed by atoms with Gasteiger partial charge in [0.15, 0.2) is 0 Å². The zero-order chi connectivity index (χ0) is 15.1. The third-order valence-electron chi connectivity index (χ3n) is 4.75. The Morgan fingerprint density at radius 2 is 1.95 bits per heavy atom. The smallest absolute Gasteiger partial charge is 0.119 e. The summed E-state index contributed by atoms with van der Waals surface area (Å²) in [6.45, 7) is 8.77. The van der Waals surface area contributed by atoms with Gasteiger partial charge in [-0.1, -0.05) is 52.2 Å². The van der Waals surface area contributed by atoms with Crippen LogP contribution in [0.15, 0.2) is 24.3 Å². The van der Waals surface area contributed by atoms with Crippen molar-refractivity contribution in [3.05, 3.63) is 29.8 Å². The Labute approximate surface area is 130 Å². The van der Waals surface area contributed by atoms with E-state index < -0.39 is 0 Å². The Balaban J connectivity index is 1.74. The fourth-order valence-corrected chi connectivity index (χ4v) is 3.19. The number of hydrogen-bond donors (Lipinski definition) is 1. The summed E-state index contributed by atoms with van der Waals surface area (Å²) in [5.41, 5.74) is 1.79. The molecule has 1 aliphatic carbocycles. The van der Waals surface area contributed by atoms with E-state index in [0.717, 1.165) is 25.3 Å². The highest BCUT2D eigenvalue weighted by atomic mass is 16.5. The van der Waals surface area contributed by atoms with Gasteiger partial charge >= 0.3 is 0 Å². The molecule has 0 aromatic heterocycles. The lowest BCUT2D eigenvalue weighted by Gasteiger charge is -2.28. The Morgan fingerprint density at radius 1 is 1.19 bits per heavy atom. The molecule has 0 aliphatic heterocycles. The largest absolute Gasteiger partial charge is 0.494 e. The van der Waals surface area contributed by atoms with E-state index in [2.05, 4.69) is 50.4 Å². The van der Waals surface area contributed by atoms with Gasteiger partial charge in [-0.15, -0.1) is 0 Å². The first-order valence-electron chi connectivity index (χ1n) is 8.57. The molecule has 0 amide bonds. The maximum Gasteiger partial charge on any atom is 0.119 e. The predicted octanol–water partition coefficient (Wildman–Crippen LogP) is 4.92. The third kappa shape index (κ3) is 5.03. The van der Waals surface area contributed by atoms with Gasteiger partial charge in [0, 0.05) is 12.6 Å². The summed E-state index contributed by atoms with van der Waals surface area (Å²) in [5, 5.41) is 3.73. The number of unbranched alkanes of at least 4 members (excludes halogenated alkanes) is 2. The first-order chi connectivity index (χ1) is 10.1. The normalized spacial score (nSPS) is 20.6. The first kappa shape index (κ1) is 16.4. The van der Waals surface area contributed by atoms with Gasteiger partial charge in [0.1, 0.15) is 5.75 Å². The number of nitrogens with one attached hydrogen (secondary N) is 1. The van der Waals surface area contributed by atoms with Gasteiger partial charge in [0.05, 0.1) is 6.61 Å².